The van der Waals surface area contributed by atoms with Crippen molar-refractivity contribution < 1.29 is 19.4 Å². The first-order chi connectivity index (χ1) is 14.4. The van der Waals surface area contributed by atoms with Crippen LogP contribution in [-0.4, -0.2) is 40.6 Å². The molecule has 8 nitrogen and oxygen atoms in total. The highest BCUT2D eigenvalue weighted by atomic mass is 16.5. The van der Waals surface area contributed by atoms with Crippen LogP contribution >= 0.6 is 0 Å². The van der Waals surface area contributed by atoms with Gasteiger partial charge in [-0.3, -0.25) is 9.59 Å². The Morgan fingerprint density at radius 1 is 1.27 bits per heavy atom. The Hall–Kier alpha value is -3.65. The van der Waals surface area contributed by atoms with E-state index in [2.05, 4.69) is 11.7 Å². The highest BCUT2D eigenvalue weighted by Gasteiger charge is 2.17. The summed E-state index contributed by atoms with van der Waals surface area (Å²) in [4.78, 5) is 24.4. The van der Waals surface area contributed by atoms with Crippen LogP contribution in [0.1, 0.15) is 16.1 Å². The smallest absolute Gasteiger partial charge is 0.274 e. The summed E-state index contributed by atoms with van der Waals surface area (Å²) in [6, 6.07) is 12.0. The number of allylic oxidation sites excluding steroid dienone is 1. The highest BCUT2D eigenvalue weighted by molar-refractivity contribution is 6.03. The van der Waals surface area contributed by atoms with Crippen LogP contribution < -0.4 is 20.8 Å². The Bertz CT molecular complexity index is 1140. The number of benzene rings is 2. The van der Waals surface area contributed by atoms with E-state index in [0.717, 1.165) is 10.2 Å². The topological polar surface area (TPSA) is 117 Å². The zero-order valence-electron chi connectivity index (χ0n) is 16.6. The predicted molar refractivity (Wildman–Crippen MR) is 113 cm³/mol. The molecule has 3 aromatic rings. The van der Waals surface area contributed by atoms with Crippen LogP contribution in [0.15, 0.2) is 59.9 Å². The van der Waals surface area contributed by atoms with Crippen LogP contribution in [0.2, 0.25) is 0 Å². The lowest BCUT2D eigenvalue weighted by molar-refractivity contribution is 0.0858. The second kappa shape index (κ2) is 9.23. The molecular weight excluding hydrogens is 386 g/mol. The van der Waals surface area contributed by atoms with Gasteiger partial charge in [-0.2, -0.15) is 5.10 Å². The molecule has 3 N–H and O–H groups in total. The van der Waals surface area contributed by atoms with Crippen molar-refractivity contribution in [2.45, 2.75) is 19.1 Å². The molecule has 0 radical (unpaired) electrons. The number of rotatable bonds is 9. The summed E-state index contributed by atoms with van der Waals surface area (Å²) in [6.07, 6.45) is 1.42. The number of hydrogen-bond acceptors (Lipinski definition) is 6. The molecule has 156 valence electrons. The lowest BCUT2D eigenvalue weighted by Crippen LogP contribution is -2.34. The number of primary amides is 1. The number of amides is 1. The maximum absolute atomic E-state index is 12.7. The third-order valence-corrected chi connectivity index (χ3v) is 4.52. The molecule has 1 amide bonds. The molecule has 0 aliphatic carbocycles. The van der Waals surface area contributed by atoms with Crippen molar-refractivity contribution in [2.75, 3.05) is 13.7 Å². The van der Waals surface area contributed by atoms with Crippen molar-refractivity contribution in [3.63, 3.8) is 0 Å². The maximum Gasteiger partial charge on any atom is 0.274 e. The van der Waals surface area contributed by atoms with Crippen molar-refractivity contribution in [1.29, 1.82) is 0 Å². The van der Waals surface area contributed by atoms with Crippen molar-refractivity contribution in [1.82, 2.24) is 9.78 Å². The summed E-state index contributed by atoms with van der Waals surface area (Å²) in [5.41, 5.74) is 5.96. The number of fused-ring (bicyclic) bond motifs is 1. The van der Waals surface area contributed by atoms with Gasteiger partial charge in [0.2, 0.25) is 0 Å². The average Bonchev–Trinajstić information content (AvgIpc) is 2.74. The normalized spacial score (nSPS) is 11.8. The number of carbonyl (C=O) groups is 1. The third kappa shape index (κ3) is 4.49. The van der Waals surface area contributed by atoms with Gasteiger partial charge in [-0.05, 0) is 30.2 Å². The number of methoxy groups -OCH3 is 1. The van der Waals surface area contributed by atoms with E-state index in [9.17, 15) is 14.7 Å². The molecule has 0 aliphatic rings. The van der Waals surface area contributed by atoms with Gasteiger partial charge in [0, 0.05) is 5.39 Å². The first kappa shape index (κ1) is 21.1. The van der Waals surface area contributed by atoms with Crippen LogP contribution in [0, 0.1) is 0 Å². The van der Waals surface area contributed by atoms with E-state index in [-0.39, 0.29) is 18.8 Å². The molecule has 30 heavy (non-hydrogen) atoms. The Kier molecular flexibility index (Phi) is 6.48. The molecule has 0 fully saturated rings. The van der Waals surface area contributed by atoms with Crippen LogP contribution in [-0.2, 0) is 13.0 Å². The monoisotopic (exact) mass is 409 g/mol. The van der Waals surface area contributed by atoms with Gasteiger partial charge < -0.3 is 20.3 Å². The minimum Gasteiger partial charge on any atom is -0.493 e. The van der Waals surface area contributed by atoms with E-state index >= 15 is 0 Å². The quantitative estimate of drug-likeness (QED) is 0.519. The molecule has 0 aliphatic heterocycles. The fourth-order valence-corrected chi connectivity index (χ4v) is 3.10. The van der Waals surface area contributed by atoms with E-state index in [0.29, 0.717) is 28.7 Å². The summed E-state index contributed by atoms with van der Waals surface area (Å²) < 4.78 is 12.0. The fraction of sp³-hybridized carbons (Fsp3) is 0.227. The number of aliphatic hydroxyl groups is 1. The molecule has 1 aromatic heterocycles. The van der Waals surface area contributed by atoms with E-state index < -0.39 is 17.6 Å². The number of aromatic nitrogens is 2. The molecular formula is C22H23N3O5. The van der Waals surface area contributed by atoms with Crippen LogP contribution in [0.25, 0.3) is 10.8 Å². The molecule has 3 rings (SSSR count). The summed E-state index contributed by atoms with van der Waals surface area (Å²) in [7, 11) is 1.53. The lowest BCUT2D eigenvalue weighted by Gasteiger charge is -2.16. The molecule has 1 unspecified atom stereocenters. The SMILES string of the molecule is C=CCc1ccc(OCC(O)Cn2nc(C(N)=O)c3ccccc3c2=O)c(OC)c1. The lowest BCUT2D eigenvalue weighted by atomic mass is 10.1. The summed E-state index contributed by atoms with van der Waals surface area (Å²) in [5, 5.41) is 15.1. The van der Waals surface area contributed by atoms with Gasteiger partial charge in [0.05, 0.1) is 19.0 Å². The maximum atomic E-state index is 12.7. The Morgan fingerprint density at radius 2 is 2.00 bits per heavy atom. The number of carbonyl (C=O) groups excluding carboxylic acids is 1. The first-order valence-corrected chi connectivity index (χ1v) is 9.33. The van der Waals surface area contributed by atoms with Crippen molar-refractivity contribution in [3.8, 4) is 11.5 Å². The van der Waals surface area contributed by atoms with Crippen molar-refractivity contribution >= 4 is 16.7 Å². The van der Waals surface area contributed by atoms with E-state index in [4.69, 9.17) is 15.2 Å². The van der Waals surface area contributed by atoms with Gasteiger partial charge in [-0.25, -0.2) is 4.68 Å². The van der Waals surface area contributed by atoms with Gasteiger partial charge in [0.1, 0.15) is 12.7 Å². The molecule has 8 heteroatoms. The molecule has 2 aromatic carbocycles. The molecule has 0 spiro atoms. The van der Waals surface area contributed by atoms with Crippen LogP contribution in [0.4, 0.5) is 0 Å². The van der Waals surface area contributed by atoms with E-state index in [1.54, 1.807) is 36.4 Å². The summed E-state index contributed by atoms with van der Waals surface area (Å²) in [6.45, 7) is 3.44. The summed E-state index contributed by atoms with van der Waals surface area (Å²) >= 11 is 0. The minimum absolute atomic E-state index is 0.0298. The van der Waals surface area contributed by atoms with Gasteiger partial charge in [-0.1, -0.05) is 30.3 Å². The Labute approximate surface area is 173 Å². The Balaban J connectivity index is 1.78. The molecule has 0 bridgehead atoms. The van der Waals surface area contributed by atoms with E-state index in [1.165, 1.54) is 7.11 Å². The standard InChI is InChI=1S/C22H23N3O5/c1-3-6-14-9-10-18(19(11-14)29-2)30-13-15(26)12-25-22(28)17-8-5-4-7-16(17)20(24-25)21(23)27/h3-5,7-11,15,26H,1,6,12-13H2,2H3,(H2,23,27). The first-order valence-electron chi connectivity index (χ1n) is 9.33. The molecule has 0 saturated carbocycles. The number of nitrogens with two attached hydrogens (primary N) is 1. The summed E-state index contributed by atoms with van der Waals surface area (Å²) in [5.74, 6) is 0.231. The number of nitrogens with zero attached hydrogens (tertiary/aromatic N) is 2. The molecule has 1 atom stereocenters. The molecule has 0 saturated heterocycles. The molecule has 1 heterocycles. The Morgan fingerprint density at radius 3 is 2.67 bits per heavy atom. The number of ether oxygens (including phenoxy) is 2. The fourth-order valence-electron chi connectivity index (χ4n) is 3.10. The second-order valence-electron chi connectivity index (χ2n) is 6.69. The second-order valence-corrected chi connectivity index (χ2v) is 6.69. The minimum atomic E-state index is -1.06. The van der Waals surface area contributed by atoms with Crippen molar-refractivity contribution in [2.24, 2.45) is 5.73 Å². The zero-order valence-corrected chi connectivity index (χ0v) is 16.6. The van der Waals surface area contributed by atoms with E-state index in [1.807, 2.05) is 12.1 Å². The van der Waals surface area contributed by atoms with Gasteiger partial charge in [0.15, 0.2) is 17.2 Å². The number of hydrogen-bond donors (Lipinski definition) is 2. The van der Waals surface area contributed by atoms with Crippen LogP contribution in [0.5, 0.6) is 11.5 Å². The van der Waals surface area contributed by atoms with Gasteiger partial charge in [0.25, 0.3) is 11.5 Å². The average molecular weight is 409 g/mol. The third-order valence-electron chi connectivity index (χ3n) is 4.52. The zero-order chi connectivity index (χ0) is 21.7. The largest absolute Gasteiger partial charge is 0.493 e. The van der Waals surface area contributed by atoms with Crippen molar-refractivity contribution in [3.05, 3.63) is 76.7 Å². The predicted octanol–water partition coefficient (Wildman–Crippen LogP) is 1.67. The number of aliphatic hydroxyl groups excluding tert-OH is 1. The van der Waals surface area contributed by atoms with Crippen LogP contribution in [0.3, 0.4) is 0 Å². The van der Waals surface area contributed by atoms with Gasteiger partial charge in [-0.15, -0.1) is 6.58 Å². The highest BCUT2D eigenvalue weighted by Crippen LogP contribution is 2.28. The van der Waals surface area contributed by atoms with Gasteiger partial charge >= 0.3 is 0 Å².